The molecule has 0 bridgehead atoms. The van der Waals surface area contributed by atoms with Crippen LogP contribution >= 0.6 is 27.5 Å². The first-order chi connectivity index (χ1) is 21.2. The van der Waals surface area contributed by atoms with Crippen LogP contribution in [0.2, 0.25) is 0 Å². The molecule has 0 aromatic carbocycles. The van der Waals surface area contributed by atoms with Crippen LogP contribution in [0.4, 0.5) is 0 Å². The van der Waals surface area contributed by atoms with Gasteiger partial charge >= 0.3 is 5.97 Å². The first-order valence-electron chi connectivity index (χ1n) is 15.4. The van der Waals surface area contributed by atoms with Crippen molar-refractivity contribution in [2.45, 2.75) is 109 Å². The third-order valence-electron chi connectivity index (χ3n) is 7.77. The molecule has 2 rings (SSSR count). The van der Waals surface area contributed by atoms with Gasteiger partial charge in [-0.3, -0.25) is 19.2 Å². The molecule has 45 heavy (non-hydrogen) atoms. The molecule has 0 aromatic heterocycles. The van der Waals surface area contributed by atoms with Crippen molar-refractivity contribution in [3.63, 3.8) is 0 Å². The van der Waals surface area contributed by atoms with Crippen molar-refractivity contribution in [2.75, 3.05) is 24.3 Å². The number of halogens is 2. The number of alkyl halides is 2. The van der Waals surface area contributed by atoms with Gasteiger partial charge in [0.1, 0.15) is 6.10 Å². The van der Waals surface area contributed by atoms with Crippen molar-refractivity contribution in [1.29, 1.82) is 0 Å². The molecule has 254 valence electrons. The molecule has 11 nitrogen and oxygen atoms in total. The number of amides is 3. The second-order valence-corrected chi connectivity index (χ2v) is 12.9. The van der Waals surface area contributed by atoms with Gasteiger partial charge in [-0.2, -0.15) is 0 Å². The zero-order chi connectivity index (χ0) is 33.6. The number of esters is 1. The van der Waals surface area contributed by atoms with Gasteiger partial charge in [-0.25, -0.2) is 0 Å². The molecule has 2 fully saturated rings. The molecule has 4 N–H and O–H groups in total. The molecule has 0 spiro atoms. The lowest BCUT2D eigenvalue weighted by atomic mass is 9.87. The second kappa shape index (κ2) is 19.4. The smallest absolute Gasteiger partial charge is 0.303 e. The molecule has 0 aliphatic carbocycles. The second-order valence-electron chi connectivity index (χ2n) is 12.0. The third kappa shape index (κ3) is 14.8. The number of carbonyl (C=O) groups is 4. The number of hydrogen-bond donors (Lipinski definition) is 4. The number of rotatable bonds is 15. The van der Waals surface area contributed by atoms with Crippen LogP contribution in [-0.2, 0) is 33.4 Å². The summed E-state index contributed by atoms with van der Waals surface area (Å²) in [5.41, 5.74) is -0.144. The van der Waals surface area contributed by atoms with Crippen LogP contribution in [0.25, 0.3) is 0 Å². The highest BCUT2D eigenvalue weighted by atomic mass is 79.9. The van der Waals surface area contributed by atoms with Gasteiger partial charge in [0.15, 0.2) is 0 Å². The van der Waals surface area contributed by atoms with Gasteiger partial charge in [-0.05, 0) is 45.6 Å². The van der Waals surface area contributed by atoms with E-state index in [2.05, 4.69) is 44.9 Å². The summed E-state index contributed by atoms with van der Waals surface area (Å²) < 4.78 is 17.4. The minimum Gasteiger partial charge on any atom is -0.459 e. The summed E-state index contributed by atoms with van der Waals surface area (Å²) in [6.45, 7) is 9.66. The van der Waals surface area contributed by atoms with Crippen molar-refractivity contribution in [1.82, 2.24) is 16.0 Å². The molecule has 8 atom stereocenters. The van der Waals surface area contributed by atoms with Crippen LogP contribution in [0.5, 0.6) is 0 Å². The molecule has 0 aromatic rings. The average Bonchev–Trinajstić information content (AvgIpc) is 2.97. The zero-order valence-corrected chi connectivity index (χ0v) is 29.2. The lowest BCUT2D eigenvalue weighted by molar-refractivity contribution is -0.143. The Morgan fingerprint density at radius 2 is 1.78 bits per heavy atom. The molecule has 0 radical (unpaired) electrons. The van der Waals surface area contributed by atoms with Gasteiger partial charge in [-0.1, -0.05) is 46.7 Å². The van der Waals surface area contributed by atoms with Crippen molar-refractivity contribution < 1.29 is 38.5 Å². The number of nitrogens with one attached hydrogen (secondary N) is 3. The molecular formula is C32H49BrClN3O8. The van der Waals surface area contributed by atoms with E-state index >= 15 is 0 Å². The fraction of sp³-hybridized carbons (Fsp3) is 0.688. The quantitative estimate of drug-likeness (QED) is 0.0663. The van der Waals surface area contributed by atoms with Crippen molar-refractivity contribution in [3.05, 3.63) is 36.0 Å². The molecule has 2 heterocycles. The van der Waals surface area contributed by atoms with Gasteiger partial charge in [0.25, 0.3) is 0 Å². The molecular weight excluding hydrogens is 670 g/mol. The maximum absolute atomic E-state index is 12.4. The predicted molar refractivity (Wildman–Crippen MR) is 176 cm³/mol. The van der Waals surface area contributed by atoms with E-state index in [-0.39, 0.29) is 65.9 Å². The fourth-order valence-electron chi connectivity index (χ4n) is 5.39. The number of aliphatic hydroxyl groups is 1. The lowest BCUT2D eigenvalue weighted by Gasteiger charge is -2.39. The Balaban J connectivity index is 1.87. The molecule has 2 aliphatic rings. The third-order valence-corrected chi connectivity index (χ3v) is 8.78. The van der Waals surface area contributed by atoms with Gasteiger partial charge in [0.2, 0.25) is 17.7 Å². The van der Waals surface area contributed by atoms with Crippen LogP contribution in [0, 0.1) is 5.92 Å². The molecule has 2 saturated heterocycles. The van der Waals surface area contributed by atoms with Crippen LogP contribution in [-0.4, -0.2) is 95.3 Å². The SMILES string of the molecule is CC(=O)O[C@@H](C)/C=C\C(=O)N[C@@H]1C[C@H](C)[C@H](C/C=C(C)/C=C/[C@@H]2C[C@](O)(CCl)C[C@@H](CC(=O)NCCNC(=O)CBr)O2)O[C@@H]1C. The highest BCUT2D eigenvalue weighted by Gasteiger charge is 2.39. The van der Waals surface area contributed by atoms with E-state index in [1.165, 1.54) is 13.0 Å². The van der Waals surface area contributed by atoms with E-state index in [1.54, 1.807) is 13.0 Å². The largest absolute Gasteiger partial charge is 0.459 e. The normalized spacial score (nSPS) is 29.7. The summed E-state index contributed by atoms with van der Waals surface area (Å²) >= 11 is 9.17. The molecule has 3 amide bonds. The van der Waals surface area contributed by atoms with Crippen LogP contribution in [0.15, 0.2) is 36.0 Å². The van der Waals surface area contributed by atoms with E-state index < -0.39 is 29.9 Å². The monoisotopic (exact) mass is 717 g/mol. The highest BCUT2D eigenvalue weighted by molar-refractivity contribution is 9.09. The van der Waals surface area contributed by atoms with Crippen LogP contribution < -0.4 is 16.0 Å². The Morgan fingerprint density at radius 1 is 1.09 bits per heavy atom. The summed E-state index contributed by atoms with van der Waals surface area (Å²) in [4.78, 5) is 47.2. The van der Waals surface area contributed by atoms with Crippen molar-refractivity contribution in [2.24, 2.45) is 5.92 Å². The number of ether oxygens (including phenoxy) is 3. The van der Waals surface area contributed by atoms with Gasteiger partial charge in [-0.15, -0.1) is 11.6 Å². The van der Waals surface area contributed by atoms with Crippen molar-refractivity contribution in [3.8, 4) is 0 Å². The van der Waals surface area contributed by atoms with E-state index in [1.807, 2.05) is 26.0 Å². The molecule has 0 saturated carbocycles. The van der Waals surface area contributed by atoms with Crippen LogP contribution in [0.3, 0.4) is 0 Å². The number of carbonyl (C=O) groups excluding carboxylic acids is 4. The standard InChI is InChI=1S/C32H49BrClN3O8/c1-20(7-10-28-21(2)14-27(23(4)44-28)37-29(39)11-8-22(3)43-24(5)38)6-9-25-16-32(42,19-34)17-26(45-25)15-30(40)35-12-13-36-31(41)18-33/h6-9,11,21-23,25-28,42H,10,12-19H2,1-5H3,(H,35,40)(H,36,41)(H,37,39)/b9-6+,11-8-,20-7+/t21-,22-,23+,25+,26+,27+,28-,32+/m0/s1. The minimum atomic E-state index is -1.15. The zero-order valence-electron chi connectivity index (χ0n) is 26.9. The Bertz CT molecular complexity index is 1100. The van der Waals surface area contributed by atoms with Crippen LogP contribution in [0.1, 0.15) is 66.7 Å². The van der Waals surface area contributed by atoms with Crippen molar-refractivity contribution >= 4 is 51.2 Å². The maximum atomic E-state index is 12.4. The van der Waals surface area contributed by atoms with E-state index in [0.29, 0.717) is 25.9 Å². The van der Waals surface area contributed by atoms with E-state index in [0.717, 1.165) is 12.0 Å². The first-order valence-corrected chi connectivity index (χ1v) is 17.1. The van der Waals surface area contributed by atoms with Gasteiger partial charge in [0.05, 0.1) is 53.7 Å². The molecule has 2 aliphatic heterocycles. The van der Waals surface area contributed by atoms with E-state index in [9.17, 15) is 24.3 Å². The highest BCUT2D eigenvalue weighted by Crippen LogP contribution is 2.32. The molecule has 0 unspecified atom stereocenters. The Kier molecular flexibility index (Phi) is 16.8. The number of allylic oxidation sites excluding steroid dienone is 2. The first kappa shape index (κ1) is 38.9. The lowest BCUT2D eigenvalue weighted by Crippen LogP contribution is -2.50. The summed E-state index contributed by atoms with van der Waals surface area (Å²) in [7, 11) is 0. The van der Waals surface area contributed by atoms with E-state index in [4.69, 9.17) is 25.8 Å². The maximum Gasteiger partial charge on any atom is 0.303 e. The minimum absolute atomic E-state index is 0.0148. The molecule has 13 heteroatoms. The topological polar surface area (TPSA) is 152 Å². The summed E-state index contributed by atoms with van der Waals surface area (Å²) in [5, 5.41) is 19.6. The average molecular weight is 719 g/mol. The predicted octanol–water partition coefficient (Wildman–Crippen LogP) is 3.22. The summed E-state index contributed by atoms with van der Waals surface area (Å²) in [6.07, 6.45) is 9.36. The number of hydrogen-bond acceptors (Lipinski definition) is 8. The van der Waals surface area contributed by atoms with Gasteiger partial charge in [0, 0.05) is 38.9 Å². The summed E-state index contributed by atoms with van der Waals surface area (Å²) in [5.74, 6) is -0.808. The fourth-order valence-corrected chi connectivity index (χ4v) is 5.81. The Morgan fingerprint density at radius 3 is 2.42 bits per heavy atom. The van der Waals surface area contributed by atoms with Gasteiger partial charge < -0.3 is 35.3 Å². The Labute approximate surface area is 280 Å². The Hall–Kier alpha value is -2.25. The summed E-state index contributed by atoms with van der Waals surface area (Å²) in [6, 6.07) is -0.137.